The van der Waals surface area contributed by atoms with Gasteiger partial charge in [0.05, 0.1) is 24.2 Å². The van der Waals surface area contributed by atoms with Gasteiger partial charge in [0.2, 0.25) is 17.4 Å². The van der Waals surface area contributed by atoms with Gasteiger partial charge in [0, 0.05) is 6.54 Å². The first-order valence-electron chi connectivity index (χ1n) is 7.59. The minimum Gasteiger partial charge on any atom is -0.432 e. The zero-order valence-corrected chi connectivity index (χ0v) is 13.7. The minimum absolute atomic E-state index is 0.0850. The fraction of sp³-hybridized carbons (Fsp3) is 0.294. The second kappa shape index (κ2) is 6.64. The third-order valence-electron chi connectivity index (χ3n) is 3.70. The zero-order chi connectivity index (χ0) is 18.1. The Bertz CT molecular complexity index is 887. The van der Waals surface area contributed by atoms with Gasteiger partial charge in [0.1, 0.15) is 11.6 Å². The number of rotatable bonds is 4. The van der Waals surface area contributed by atoms with E-state index in [-0.39, 0.29) is 35.0 Å². The van der Waals surface area contributed by atoms with Crippen molar-refractivity contribution in [3.63, 3.8) is 0 Å². The Balaban J connectivity index is 1.97. The summed E-state index contributed by atoms with van der Waals surface area (Å²) in [7, 11) is 3.73. The molecule has 0 N–H and O–H groups in total. The van der Waals surface area contributed by atoms with Crippen molar-refractivity contribution in [1.29, 1.82) is 0 Å². The number of hydrogen-bond donors (Lipinski definition) is 0. The summed E-state index contributed by atoms with van der Waals surface area (Å²) in [5.74, 6) is -3.03. The molecule has 1 aliphatic carbocycles. The summed E-state index contributed by atoms with van der Waals surface area (Å²) in [5, 5.41) is 0. The van der Waals surface area contributed by atoms with E-state index in [1.54, 1.807) is 0 Å². The molecule has 1 aromatic carbocycles. The molecule has 0 radical (unpaired) electrons. The number of hydrogen-bond acceptors (Lipinski definition) is 6. The van der Waals surface area contributed by atoms with E-state index in [1.165, 1.54) is 0 Å². The Morgan fingerprint density at radius 3 is 2.76 bits per heavy atom. The van der Waals surface area contributed by atoms with Gasteiger partial charge in [-0.1, -0.05) is 0 Å². The molecular weight excluding hydrogens is 332 g/mol. The monoisotopic (exact) mass is 347 g/mol. The smallest absolute Gasteiger partial charge is 0.244 e. The van der Waals surface area contributed by atoms with E-state index in [0.717, 1.165) is 18.2 Å². The number of ketones is 2. The van der Waals surface area contributed by atoms with Gasteiger partial charge in [-0.2, -0.15) is 0 Å². The number of likely N-dealkylation sites (N-methyl/N-ethyl adjacent to an activating group) is 1. The molecule has 1 aromatic heterocycles. The molecular formula is C17H15F2N3O3. The average molecular weight is 347 g/mol. The molecule has 130 valence electrons. The lowest BCUT2D eigenvalue weighted by atomic mass is 9.97. The molecule has 0 amide bonds. The highest BCUT2D eigenvalue weighted by molar-refractivity contribution is 6.51. The summed E-state index contributed by atoms with van der Waals surface area (Å²) in [5.41, 5.74) is -0.335. The van der Waals surface area contributed by atoms with Crippen LogP contribution in [0.5, 0.6) is 0 Å². The number of carbonyl (C=O) groups is 2. The Morgan fingerprint density at radius 1 is 1.28 bits per heavy atom. The van der Waals surface area contributed by atoms with Gasteiger partial charge < -0.3 is 9.32 Å². The van der Waals surface area contributed by atoms with Crippen molar-refractivity contribution in [2.75, 3.05) is 27.2 Å². The maximum Gasteiger partial charge on any atom is 0.244 e. The number of benzene rings is 1. The zero-order valence-electron chi connectivity index (χ0n) is 13.7. The lowest BCUT2D eigenvalue weighted by molar-refractivity contribution is 0.0949. The molecule has 0 saturated carbocycles. The van der Waals surface area contributed by atoms with Crippen LogP contribution in [0.4, 0.5) is 8.78 Å². The molecule has 1 aliphatic rings. The van der Waals surface area contributed by atoms with Crippen molar-refractivity contribution >= 4 is 17.3 Å². The largest absolute Gasteiger partial charge is 0.432 e. The maximum absolute atomic E-state index is 13.9. The first-order valence-corrected chi connectivity index (χ1v) is 7.59. The minimum atomic E-state index is -0.764. The molecule has 0 unspecified atom stereocenters. The molecule has 25 heavy (non-hydrogen) atoms. The number of fused-ring (bicyclic) bond motifs is 1. The molecule has 1 heterocycles. The SMILES string of the molecule is CN(C)CCN=C1CC(=O)c2nc(-c3cc(F)ccc3F)oc2C1=O. The fourth-order valence-corrected chi connectivity index (χ4v) is 2.40. The normalized spacial score (nSPS) is 16.0. The van der Waals surface area contributed by atoms with E-state index in [4.69, 9.17) is 4.42 Å². The Morgan fingerprint density at radius 2 is 2.04 bits per heavy atom. The molecule has 0 fully saturated rings. The lowest BCUT2D eigenvalue weighted by Crippen LogP contribution is -2.27. The van der Waals surface area contributed by atoms with Gasteiger partial charge in [-0.25, -0.2) is 13.8 Å². The Kier molecular flexibility index (Phi) is 4.54. The summed E-state index contributed by atoms with van der Waals surface area (Å²) in [4.78, 5) is 34.6. The van der Waals surface area contributed by atoms with E-state index in [2.05, 4.69) is 9.98 Å². The standard InChI is InChI=1S/C17H15F2N3O3/c1-22(2)6-5-20-12-8-13(23)14-16(15(12)24)25-17(21-14)10-7-9(18)3-4-11(10)19/h3-4,7H,5-6,8H2,1-2H3. The van der Waals surface area contributed by atoms with Crippen LogP contribution in [0.15, 0.2) is 27.6 Å². The van der Waals surface area contributed by atoms with Crippen LogP contribution in [0.3, 0.4) is 0 Å². The van der Waals surface area contributed by atoms with Crippen LogP contribution >= 0.6 is 0 Å². The molecule has 0 saturated heterocycles. The van der Waals surface area contributed by atoms with Crippen LogP contribution in [0.2, 0.25) is 0 Å². The van der Waals surface area contributed by atoms with Crippen LogP contribution in [-0.2, 0) is 0 Å². The van der Waals surface area contributed by atoms with E-state index in [0.29, 0.717) is 13.1 Å². The number of oxazole rings is 1. The van der Waals surface area contributed by atoms with Crippen LogP contribution in [-0.4, -0.2) is 54.3 Å². The number of aliphatic imine (C=N–C) groups is 1. The van der Waals surface area contributed by atoms with Gasteiger partial charge in [-0.15, -0.1) is 0 Å². The number of halogens is 2. The first-order chi connectivity index (χ1) is 11.9. The Hall–Kier alpha value is -2.74. The molecule has 0 spiro atoms. The van der Waals surface area contributed by atoms with Gasteiger partial charge in [-0.05, 0) is 32.3 Å². The number of aromatic nitrogens is 1. The molecule has 3 rings (SSSR count). The van der Waals surface area contributed by atoms with Gasteiger partial charge >= 0.3 is 0 Å². The average Bonchev–Trinajstić information content (AvgIpc) is 3.00. The Labute approximate surface area is 142 Å². The summed E-state index contributed by atoms with van der Waals surface area (Å²) >= 11 is 0. The van der Waals surface area contributed by atoms with Crippen LogP contribution in [0.1, 0.15) is 27.5 Å². The van der Waals surface area contributed by atoms with Crippen LogP contribution < -0.4 is 0 Å². The second-order valence-corrected chi connectivity index (χ2v) is 5.88. The van der Waals surface area contributed by atoms with E-state index < -0.39 is 23.2 Å². The maximum atomic E-state index is 13.9. The summed E-state index contributed by atoms with van der Waals surface area (Å²) in [6.45, 7) is 0.976. The number of carbonyl (C=O) groups excluding carboxylic acids is 2. The second-order valence-electron chi connectivity index (χ2n) is 5.88. The molecule has 0 aliphatic heterocycles. The van der Waals surface area contributed by atoms with E-state index >= 15 is 0 Å². The van der Waals surface area contributed by atoms with Crippen molar-refractivity contribution in [2.24, 2.45) is 4.99 Å². The molecule has 0 atom stereocenters. The van der Waals surface area contributed by atoms with Crippen LogP contribution in [0.25, 0.3) is 11.5 Å². The van der Waals surface area contributed by atoms with Crippen molar-refractivity contribution in [3.05, 3.63) is 41.3 Å². The predicted octanol–water partition coefficient (Wildman–Crippen LogP) is 2.39. The highest BCUT2D eigenvalue weighted by atomic mass is 19.1. The van der Waals surface area contributed by atoms with Gasteiger partial charge in [0.25, 0.3) is 0 Å². The third-order valence-corrected chi connectivity index (χ3v) is 3.70. The highest BCUT2D eigenvalue weighted by Crippen LogP contribution is 2.29. The van der Waals surface area contributed by atoms with Crippen molar-refractivity contribution in [2.45, 2.75) is 6.42 Å². The van der Waals surface area contributed by atoms with Crippen molar-refractivity contribution in [1.82, 2.24) is 9.88 Å². The molecule has 8 heteroatoms. The molecule has 0 bridgehead atoms. The van der Waals surface area contributed by atoms with Crippen molar-refractivity contribution < 1.29 is 22.8 Å². The molecule has 6 nitrogen and oxygen atoms in total. The van der Waals surface area contributed by atoms with Gasteiger partial charge in [-0.3, -0.25) is 14.6 Å². The van der Waals surface area contributed by atoms with E-state index in [9.17, 15) is 18.4 Å². The molecule has 2 aromatic rings. The number of nitrogens with zero attached hydrogens (tertiary/aromatic N) is 3. The first kappa shape index (κ1) is 17.1. The predicted molar refractivity (Wildman–Crippen MR) is 86.0 cm³/mol. The van der Waals surface area contributed by atoms with E-state index in [1.807, 2.05) is 19.0 Å². The fourth-order valence-electron chi connectivity index (χ4n) is 2.40. The van der Waals surface area contributed by atoms with Gasteiger partial charge in [0.15, 0.2) is 11.5 Å². The van der Waals surface area contributed by atoms with Crippen LogP contribution in [0, 0.1) is 11.6 Å². The highest BCUT2D eigenvalue weighted by Gasteiger charge is 2.35. The third kappa shape index (κ3) is 3.39. The quantitative estimate of drug-likeness (QED) is 0.849. The summed E-state index contributed by atoms with van der Waals surface area (Å²) < 4.78 is 32.5. The summed E-state index contributed by atoms with van der Waals surface area (Å²) in [6.07, 6.45) is -0.184. The lowest BCUT2D eigenvalue weighted by Gasteiger charge is -2.10. The topological polar surface area (TPSA) is 75.8 Å². The number of Topliss-reactive ketones (excluding diaryl/α,β-unsaturated/α-hetero) is 2. The summed E-state index contributed by atoms with van der Waals surface area (Å²) in [6, 6.07) is 2.77. The van der Waals surface area contributed by atoms with Crippen molar-refractivity contribution in [3.8, 4) is 11.5 Å².